The van der Waals surface area contributed by atoms with Gasteiger partial charge in [-0.15, -0.1) is 24.0 Å². The Morgan fingerprint density at radius 3 is 2.96 bits per heavy atom. The quantitative estimate of drug-likeness (QED) is 0.389. The molecule has 2 N–H and O–H groups in total. The van der Waals surface area contributed by atoms with E-state index in [1.165, 1.54) is 11.3 Å². The summed E-state index contributed by atoms with van der Waals surface area (Å²) in [5.41, 5.74) is 3.38. The monoisotopic (exact) mass is 483 g/mol. The van der Waals surface area contributed by atoms with Crippen molar-refractivity contribution < 1.29 is 0 Å². The van der Waals surface area contributed by atoms with Gasteiger partial charge in [0, 0.05) is 45.1 Å². The van der Waals surface area contributed by atoms with Gasteiger partial charge in [0.1, 0.15) is 0 Å². The molecule has 2 aromatic heterocycles. The Labute approximate surface area is 178 Å². The largest absolute Gasteiger partial charge is 0.367 e. The molecule has 1 unspecified atom stereocenters. The van der Waals surface area contributed by atoms with Gasteiger partial charge in [-0.2, -0.15) is 5.10 Å². The molecule has 148 valence electrons. The van der Waals surface area contributed by atoms with Crippen molar-refractivity contribution in [2.75, 3.05) is 24.5 Å². The van der Waals surface area contributed by atoms with Gasteiger partial charge in [-0.05, 0) is 38.3 Å². The van der Waals surface area contributed by atoms with E-state index in [9.17, 15) is 0 Å². The minimum Gasteiger partial charge on any atom is -0.367 e. The summed E-state index contributed by atoms with van der Waals surface area (Å²) < 4.78 is 1.85. The first-order valence-corrected chi connectivity index (χ1v) is 9.34. The molecule has 1 fully saturated rings. The van der Waals surface area contributed by atoms with Crippen molar-refractivity contribution >= 4 is 35.6 Å². The lowest BCUT2D eigenvalue weighted by atomic mass is 10.1. The van der Waals surface area contributed by atoms with Gasteiger partial charge in [0.05, 0.1) is 24.1 Å². The van der Waals surface area contributed by atoms with Gasteiger partial charge in [0.25, 0.3) is 0 Å². The summed E-state index contributed by atoms with van der Waals surface area (Å²) in [6.45, 7) is 7.62. The predicted octanol–water partition coefficient (Wildman–Crippen LogP) is 2.47. The predicted molar refractivity (Wildman–Crippen MR) is 121 cm³/mol. The molecular formula is C19H30IN7. The van der Waals surface area contributed by atoms with Crippen molar-refractivity contribution in [1.29, 1.82) is 0 Å². The van der Waals surface area contributed by atoms with Gasteiger partial charge in [0.2, 0.25) is 0 Å². The highest BCUT2D eigenvalue weighted by Gasteiger charge is 2.21. The SMILES string of the molecule is CCNC(=NCc1ncccc1C)NC1CCCN(c2cnn(C)c2)C1.I. The van der Waals surface area contributed by atoms with E-state index in [4.69, 9.17) is 4.99 Å². The third-order valence-corrected chi connectivity index (χ3v) is 4.67. The molecule has 1 saturated heterocycles. The maximum Gasteiger partial charge on any atom is 0.191 e. The van der Waals surface area contributed by atoms with Gasteiger partial charge in [-0.3, -0.25) is 9.67 Å². The zero-order chi connectivity index (χ0) is 18.4. The molecule has 1 aliphatic heterocycles. The number of hydrogen-bond donors (Lipinski definition) is 2. The number of anilines is 1. The maximum atomic E-state index is 4.74. The molecule has 0 saturated carbocycles. The molecule has 8 heteroatoms. The summed E-state index contributed by atoms with van der Waals surface area (Å²) in [6.07, 6.45) is 8.14. The number of halogens is 1. The van der Waals surface area contributed by atoms with Crippen LogP contribution in [0.3, 0.4) is 0 Å². The van der Waals surface area contributed by atoms with Crippen molar-refractivity contribution in [1.82, 2.24) is 25.4 Å². The zero-order valence-electron chi connectivity index (χ0n) is 16.4. The molecule has 0 aliphatic carbocycles. The number of aryl methyl sites for hydroxylation is 2. The van der Waals surface area contributed by atoms with E-state index in [0.717, 1.165) is 44.1 Å². The van der Waals surface area contributed by atoms with Gasteiger partial charge in [-0.1, -0.05) is 6.07 Å². The second-order valence-electron chi connectivity index (χ2n) is 6.76. The minimum absolute atomic E-state index is 0. The molecule has 0 aromatic carbocycles. The third-order valence-electron chi connectivity index (χ3n) is 4.67. The first-order chi connectivity index (χ1) is 12.7. The van der Waals surface area contributed by atoms with Crippen LogP contribution in [0.15, 0.2) is 35.7 Å². The number of aliphatic imine (C=N–C) groups is 1. The van der Waals surface area contributed by atoms with Gasteiger partial charge >= 0.3 is 0 Å². The van der Waals surface area contributed by atoms with Crippen LogP contribution < -0.4 is 15.5 Å². The fraction of sp³-hybridized carbons (Fsp3) is 0.526. The fourth-order valence-corrected chi connectivity index (χ4v) is 3.25. The lowest BCUT2D eigenvalue weighted by Crippen LogP contribution is -2.51. The van der Waals surface area contributed by atoms with Crippen LogP contribution in [0.25, 0.3) is 0 Å². The van der Waals surface area contributed by atoms with E-state index in [1.54, 1.807) is 0 Å². The highest BCUT2D eigenvalue weighted by atomic mass is 127. The standard InChI is InChI=1S/C19H29N7.HI/c1-4-20-19(22-12-18-15(2)7-5-9-21-18)24-16-8-6-10-26(13-16)17-11-23-25(3)14-17;/h5,7,9,11,14,16H,4,6,8,10,12-13H2,1-3H3,(H2,20,22,24);1H. The van der Waals surface area contributed by atoms with E-state index in [-0.39, 0.29) is 24.0 Å². The number of piperidine rings is 1. The molecule has 3 heterocycles. The van der Waals surface area contributed by atoms with Gasteiger partial charge in [0.15, 0.2) is 5.96 Å². The highest BCUT2D eigenvalue weighted by Crippen LogP contribution is 2.19. The van der Waals surface area contributed by atoms with Crippen LogP contribution in [0.2, 0.25) is 0 Å². The van der Waals surface area contributed by atoms with Crippen molar-refractivity contribution in [3.63, 3.8) is 0 Å². The molecule has 0 spiro atoms. The van der Waals surface area contributed by atoms with Gasteiger partial charge < -0.3 is 15.5 Å². The molecule has 7 nitrogen and oxygen atoms in total. The van der Waals surface area contributed by atoms with E-state index in [1.807, 2.05) is 30.2 Å². The second-order valence-corrected chi connectivity index (χ2v) is 6.76. The van der Waals surface area contributed by atoms with Crippen LogP contribution in [-0.4, -0.2) is 46.4 Å². The molecular weight excluding hydrogens is 453 g/mol. The van der Waals surface area contributed by atoms with Crippen LogP contribution in [0.4, 0.5) is 5.69 Å². The average Bonchev–Trinajstić information content (AvgIpc) is 3.08. The summed E-state index contributed by atoms with van der Waals surface area (Å²) in [5, 5.41) is 11.2. The Hall–Kier alpha value is -1.84. The van der Waals surface area contributed by atoms with E-state index in [0.29, 0.717) is 12.6 Å². The number of pyridine rings is 1. The fourth-order valence-electron chi connectivity index (χ4n) is 3.25. The Kier molecular flexibility index (Phi) is 8.33. The molecule has 0 radical (unpaired) electrons. The van der Waals surface area contributed by atoms with Crippen LogP contribution in [0, 0.1) is 6.92 Å². The summed E-state index contributed by atoms with van der Waals surface area (Å²) >= 11 is 0. The van der Waals surface area contributed by atoms with E-state index in [2.05, 4.69) is 51.7 Å². The van der Waals surface area contributed by atoms with Crippen molar-refractivity contribution in [2.24, 2.45) is 12.0 Å². The first kappa shape index (κ1) is 21.5. The number of hydrogen-bond acceptors (Lipinski definition) is 4. The average molecular weight is 483 g/mol. The summed E-state index contributed by atoms with van der Waals surface area (Å²) in [4.78, 5) is 11.6. The molecule has 0 amide bonds. The van der Waals surface area contributed by atoms with Crippen LogP contribution in [-0.2, 0) is 13.6 Å². The van der Waals surface area contributed by atoms with Crippen molar-refractivity contribution in [2.45, 2.75) is 39.3 Å². The van der Waals surface area contributed by atoms with Crippen molar-refractivity contribution in [3.05, 3.63) is 42.0 Å². The number of guanidine groups is 1. The number of nitrogens with zero attached hydrogens (tertiary/aromatic N) is 5. The van der Waals surface area contributed by atoms with Crippen LogP contribution in [0.5, 0.6) is 0 Å². The Morgan fingerprint density at radius 1 is 1.41 bits per heavy atom. The number of aromatic nitrogens is 3. The third kappa shape index (κ3) is 6.08. The van der Waals surface area contributed by atoms with Crippen LogP contribution in [0.1, 0.15) is 31.0 Å². The van der Waals surface area contributed by atoms with E-state index < -0.39 is 0 Å². The summed E-state index contributed by atoms with van der Waals surface area (Å²) in [6, 6.07) is 4.40. The van der Waals surface area contributed by atoms with Gasteiger partial charge in [-0.25, -0.2) is 4.99 Å². The number of rotatable bonds is 5. The molecule has 0 bridgehead atoms. The second kappa shape index (κ2) is 10.5. The Morgan fingerprint density at radius 2 is 2.26 bits per heavy atom. The molecule has 1 aliphatic rings. The summed E-state index contributed by atoms with van der Waals surface area (Å²) in [7, 11) is 1.96. The molecule has 2 aromatic rings. The lowest BCUT2D eigenvalue weighted by Gasteiger charge is -2.34. The maximum absolute atomic E-state index is 4.74. The van der Waals surface area contributed by atoms with E-state index >= 15 is 0 Å². The normalized spacial score (nSPS) is 17.4. The molecule has 1 atom stereocenters. The topological polar surface area (TPSA) is 70.4 Å². The smallest absolute Gasteiger partial charge is 0.191 e. The number of nitrogens with one attached hydrogen (secondary N) is 2. The highest BCUT2D eigenvalue weighted by molar-refractivity contribution is 14.0. The Balaban J connectivity index is 0.00000261. The minimum atomic E-state index is 0. The summed E-state index contributed by atoms with van der Waals surface area (Å²) in [5.74, 6) is 0.857. The lowest BCUT2D eigenvalue weighted by molar-refractivity contribution is 0.468. The Bertz CT molecular complexity index is 743. The van der Waals surface area contributed by atoms with Crippen LogP contribution >= 0.6 is 24.0 Å². The zero-order valence-corrected chi connectivity index (χ0v) is 18.7. The molecule has 3 rings (SSSR count). The first-order valence-electron chi connectivity index (χ1n) is 9.34. The molecule has 27 heavy (non-hydrogen) atoms. The van der Waals surface area contributed by atoms with Crippen molar-refractivity contribution in [3.8, 4) is 0 Å².